The van der Waals surface area contributed by atoms with Gasteiger partial charge >= 0.3 is 6.09 Å². The summed E-state index contributed by atoms with van der Waals surface area (Å²) < 4.78 is 10.5. The van der Waals surface area contributed by atoms with E-state index in [1.165, 1.54) is 5.56 Å². The average molecular weight is 426 g/mol. The second-order valence-corrected chi connectivity index (χ2v) is 7.58. The molecule has 0 spiro atoms. The van der Waals surface area contributed by atoms with Crippen LogP contribution in [0.1, 0.15) is 29.5 Å². The van der Waals surface area contributed by atoms with E-state index in [-0.39, 0.29) is 12.5 Å². The molecule has 1 aliphatic heterocycles. The van der Waals surface area contributed by atoms with Gasteiger partial charge in [-0.15, -0.1) is 0 Å². The van der Waals surface area contributed by atoms with Crippen LogP contribution in [0.15, 0.2) is 54.6 Å². The smallest absolute Gasteiger partial charge is 0.407 e. The molecular formula is C24H31N3O4. The predicted molar refractivity (Wildman–Crippen MR) is 118 cm³/mol. The van der Waals surface area contributed by atoms with Crippen LogP contribution in [0.25, 0.3) is 0 Å². The molecule has 0 radical (unpaired) electrons. The minimum atomic E-state index is -0.471. The molecule has 3 rings (SSSR count). The van der Waals surface area contributed by atoms with Gasteiger partial charge in [0.15, 0.2) is 0 Å². The normalized spacial score (nSPS) is 14.1. The van der Waals surface area contributed by atoms with E-state index < -0.39 is 6.09 Å². The number of amides is 2. The number of nitrogens with zero attached hydrogens (tertiary/aromatic N) is 1. The van der Waals surface area contributed by atoms with Crippen LogP contribution in [-0.2, 0) is 34.0 Å². The molecule has 31 heavy (non-hydrogen) atoms. The average Bonchev–Trinajstić information content (AvgIpc) is 2.81. The molecule has 0 atom stereocenters. The Bertz CT molecular complexity index is 823. The van der Waals surface area contributed by atoms with Gasteiger partial charge in [0.1, 0.15) is 6.61 Å². The number of nitrogens with one attached hydrogen (secondary N) is 2. The van der Waals surface area contributed by atoms with Crippen LogP contribution < -0.4 is 10.6 Å². The highest BCUT2D eigenvalue weighted by Crippen LogP contribution is 2.10. The Kier molecular flexibility index (Phi) is 9.34. The highest BCUT2D eigenvalue weighted by Gasteiger charge is 2.11. The second kappa shape index (κ2) is 12.7. The third kappa shape index (κ3) is 8.78. The summed E-state index contributed by atoms with van der Waals surface area (Å²) in [5.74, 6) is -0.0296. The highest BCUT2D eigenvalue weighted by molar-refractivity contribution is 5.76. The standard InChI is InChI=1S/C24H31N3O4/c28-23(10-5-11-25-24(29)31-19-20-6-2-1-3-7-20)26-17-21-8-4-9-22(16-21)18-27-12-14-30-15-13-27/h1-4,6-9,16H,5,10-15,17-19H2,(H,25,29)(H,26,28). The summed E-state index contributed by atoms with van der Waals surface area (Å²) in [6.45, 7) is 5.52. The van der Waals surface area contributed by atoms with E-state index in [1.807, 2.05) is 42.5 Å². The van der Waals surface area contributed by atoms with Gasteiger partial charge in [-0.25, -0.2) is 4.79 Å². The fourth-order valence-corrected chi connectivity index (χ4v) is 3.36. The van der Waals surface area contributed by atoms with E-state index >= 15 is 0 Å². The Morgan fingerprint density at radius 2 is 1.68 bits per heavy atom. The molecule has 1 saturated heterocycles. The number of benzene rings is 2. The van der Waals surface area contributed by atoms with Crippen molar-refractivity contribution in [1.29, 1.82) is 0 Å². The van der Waals surface area contributed by atoms with Crippen LogP contribution >= 0.6 is 0 Å². The Hall–Kier alpha value is -2.90. The number of carbonyl (C=O) groups excluding carboxylic acids is 2. The summed E-state index contributed by atoms with van der Waals surface area (Å²) in [6.07, 6.45) is 0.441. The van der Waals surface area contributed by atoms with Crippen molar-refractivity contribution in [3.8, 4) is 0 Å². The molecule has 1 fully saturated rings. The summed E-state index contributed by atoms with van der Waals surface area (Å²) >= 11 is 0. The van der Waals surface area contributed by atoms with Crippen molar-refractivity contribution in [2.45, 2.75) is 32.5 Å². The first-order valence-electron chi connectivity index (χ1n) is 10.8. The number of hydrogen-bond acceptors (Lipinski definition) is 5. The molecule has 166 valence electrons. The fraction of sp³-hybridized carbons (Fsp3) is 0.417. The first-order chi connectivity index (χ1) is 15.2. The number of morpholine rings is 1. The maximum atomic E-state index is 12.1. The molecule has 0 bridgehead atoms. The largest absolute Gasteiger partial charge is 0.445 e. The minimum Gasteiger partial charge on any atom is -0.445 e. The maximum Gasteiger partial charge on any atom is 0.407 e. The van der Waals surface area contributed by atoms with Gasteiger partial charge in [-0.3, -0.25) is 9.69 Å². The summed E-state index contributed by atoms with van der Waals surface area (Å²) in [4.78, 5) is 26.2. The number of rotatable bonds is 10. The van der Waals surface area contributed by atoms with Crippen LogP contribution in [0, 0.1) is 0 Å². The lowest BCUT2D eigenvalue weighted by atomic mass is 10.1. The molecule has 0 aliphatic carbocycles. The molecule has 1 heterocycles. The molecular weight excluding hydrogens is 394 g/mol. The van der Waals surface area contributed by atoms with E-state index in [2.05, 4.69) is 27.7 Å². The van der Waals surface area contributed by atoms with Gasteiger partial charge in [-0.2, -0.15) is 0 Å². The maximum absolute atomic E-state index is 12.1. The van der Waals surface area contributed by atoms with Crippen LogP contribution in [0.4, 0.5) is 4.79 Å². The molecule has 2 aromatic carbocycles. The summed E-state index contributed by atoms with van der Waals surface area (Å²) in [5.41, 5.74) is 3.26. The third-order valence-corrected chi connectivity index (χ3v) is 5.05. The number of hydrogen-bond donors (Lipinski definition) is 2. The molecule has 2 aromatic rings. The Labute approximate surface area is 183 Å². The van der Waals surface area contributed by atoms with Crippen LogP contribution in [0.2, 0.25) is 0 Å². The van der Waals surface area contributed by atoms with E-state index in [9.17, 15) is 9.59 Å². The molecule has 2 N–H and O–H groups in total. The third-order valence-electron chi connectivity index (χ3n) is 5.05. The van der Waals surface area contributed by atoms with E-state index in [1.54, 1.807) is 0 Å². The molecule has 0 aromatic heterocycles. The zero-order valence-electron chi connectivity index (χ0n) is 17.8. The van der Waals surface area contributed by atoms with Crippen molar-refractivity contribution in [3.63, 3.8) is 0 Å². The first kappa shape index (κ1) is 22.8. The quantitative estimate of drug-likeness (QED) is 0.572. The first-order valence-corrected chi connectivity index (χ1v) is 10.8. The van der Waals surface area contributed by atoms with Gasteiger partial charge in [0.2, 0.25) is 5.91 Å². The van der Waals surface area contributed by atoms with Crippen molar-refractivity contribution in [1.82, 2.24) is 15.5 Å². The van der Waals surface area contributed by atoms with Crippen molar-refractivity contribution < 1.29 is 19.1 Å². The predicted octanol–water partition coefficient (Wildman–Crippen LogP) is 2.84. The second-order valence-electron chi connectivity index (χ2n) is 7.58. The molecule has 7 nitrogen and oxygen atoms in total. The lowest BCUT2D eigenvalue weighted by molar-refractivity contribution is -0.121. The SMILES string of the molecule is O=C(CCCNC(=O)OCc1ccccc1)NCc1cccc(CN2CCOCC2)c1. The lowest BCUT2D eigenvalue weighted by Crippen LogP contribution is -2.35. The summed E-state index contributed by atoms with van der Waals surface area (Å²) in [6, 6.07) is 17.8. The zero-order chi connectivity index (χ0) is 21.7. The number of alkyl carbamates (subject to hydrolysis) is 1. The van der Waals surface area contributed by atoms with Crippen LogP contribution in [-0.4, -0.2) is 49.7 Å². The highest BCUT2D eigenvalue weighted by atomic mass is 16.5. The fourth-order valence-electron chi connectivity index (χ4n) is 3.36. The Balaban J connectivity index is 1.28. The topological polar surface area (TPSA) is 79.9 Å². The van der Waals surface area contributed by atoms with Crippen molar-refractivity contribution in [3.05, 3.63) is 71.3 Å². The van der Waals surface area contributed by atoms with Gasteiger partial charge in [-0.05, 0) is 23.1 Å². The summed E-state index contributed by atoms with van der Waals surface area (Å²) in [7, 11) is 0. The van der Waals surface area contributed by atoms with Gasteiger partial charge in [0.05, 0.1) is 13.2 Å². The van der Waals surface area contributed by atoms with Crippen molar-refractivity contribution in [2.24, 2.45) is 0 Å². The van der Waals surface area contributed by atoms with E-state index in [0.29, 0.717) is 25.9 Å². The molecule has 0 unspecified atom stereocenters. The van der Waals surface area contributed by atoms with Crippen LogP contribution in [0.3, 0.4) is 0 Å². The lowest BCUT2D eigenvalue weighted by Gasteiger charge is -2.26. The van der Waals surface area contributed by atoms with Crippen molar-refractivity contribution >= 4 is 12.0 Å². The minimum absolute atomic E-state index is 0.0296. The molecule has 7 heteroatoms. The zero-order valence-corrected chi connectivity index (χ0v) is 17.8. The van der Waals surface area contributed by atoms with Crippen molar-refractivity contribution in [2.75, 3.05) is 32.8 Å². The van der Waals surface area contributed by atoms with E-state index in [0.717, 1.165) is 44.0 Å². The van der Waals surface area contributed by atoms with Gasteiger partial charge in [0, 0.05) is 39.1 Å². The molecule has 2 amide bonds. The molecule has 1 aliphatic rings. The van der Waals surface area contributed by atoms with Gasteiger partial charge in [0.25, 0.3) is 0 Å². The number of ether oxygens (including phenoxy) is 2. The van der Waals surface area contributed by atoms with Crippen LogP contribution in [0.5, 0.6) is 0 Å². The summed E-state index contributed by atoms with van der Waals surface area (Å²) in [5, 5.41) is 5.62. The Morgan fingerprint density at radius 1 is 0.935 bits per heavy atom. The van der Waals surface area contributed by atoms with Gasteiger partial charge in [-0.1, -0.05) is 54.6 Å². The van der Waals surface area contributed by atoms with E-state index in [4.69, 9.17) is 9.47 Å². The number of carbonyl (C=O) groups is 2. The monoisotopic (exact) mass is 425 g/mol. The van der Waals surface area contributed by atoms with Gasteiger partial charge < -0.3 is 20.1 Å². The Morgan fingerprint density at radius 3 is 2.48 bits per heavy atom. The molecule has 0 saturated carbocycles.